The van der Waals surface area contributed by atoms with Gasteiger partial charge in [-0.25, -0.2) is 0 Å². The first kappa shape index (κ1) is 12.8. The van der Waals surface area contributed by atoms with Crippen molar-refractivity contribution in [2.45, 2.75) is 20.4 Å². The molecule has 1 aromatic heterocycles. The van der Waals surface area contributed by atoms with E-state index < -0.39 is 0 Å². The lowest BCUT2D eigenvalue weighted by Crippen LogP contribution is -2.03. The number of aryl methyl sites for hydroxylation is 2. The molecule has 0 aliphatic carbocycles. The lowest BCUT2D eigenvalue weighted by Gasteiger charge is -2.14. The van der Waals surface area contributed by atoms with Crippen molar-refractivity contribution in [3.63, 3.8) is 0 Å². The van der Waals surface area contributed by atoms with Gasteiger partial charge in [0.25, 0.3) is 0 Å². The van der Waals surface area contributed by atoms with Crippen LogP contribution >= 0.6 is 0 Å². The molecule has 0 spiro atoms. The van der Waals surface area contributed by atoms with E-state index in [2.05, 4.69) is 67.1 Å². The zero-order chi connectivity index (χ0) is 14.1. The van der Waals surface area contributed by atoms with Crippen molar-refractivity contribution >= 4 is 10.9 Å². The number of nitrogens with zero attached hydrogens (tertiary/aromatic N) is 1. The van der Waals surface area contributed by atoms with Gasteiger partial charge >= 0.3 is 0 Å². The average Bonchev–Trinajstić information content (AvgIpc) is 2.86. The van der Waals surface area contributed by atoms with Gasteiger partial charge < -0.3 is 9.30 Å². The van der Waals surface area contributed by atoms with Crippen molar-refractivity contribution in [2.75, 3.05) is 7.11 Å². The van der Waals surface area contributed by atoms with Gasteiger partial charge in [-0.3, -0.25) is 0 Å². The van der Waals surface area contributed by atoms with E-state index in [0.717, 1.165) is 12.3 Å². The van der Waals surface area contributed by atoms with Gasteiger partial charge in [-0.1, -0.05) is 18.2 Å². The van der Waals surface area contributed by atoms with Crippen molar-refractivity contribution in [1.29, 1.82) is 0 Å². The van der Waals surface area contributed by atoms with Crippen LogP contribution in [-0.2, 0) is 6.54 Å². The van der Waals surface area contributed by atoms with E-state index in [4.69, 9.17) is 4.74 Å². The molecule has 0 radical (unpaired) electrons. The van der Waals surface area contributed by atoms with Crippen LogP contribution in [0.1, 0.15) is 16.7 Å². The first-order valence-electron chi connectivity index (χ1n) is 6.87. The van der Waals surface area contributed by atoms with Gasteiger partial charge in [0.2, 0.25) is 0 Å². The number of benzene rings is 2. The summed E-state index contributed by atoms with van der Waals surface area (Å²) in [7, 11) is 1.72. The van der Waals surface area contributed by atoms with Crippen molar-refractivity contribution in [3.05, 3.63) is 65.4 Å². The highest BCUT2D eigenvalue weighted by Crippen LogP contribution is 2.24. The molecule has 20 heavy (non-hydrogen) atoms. The normalized spacial score (nSPS) is 10.9. The highest BCUT2D eigenvalue weighted by molar-refractivity contribution is 5.80. The molecule has 0 aliphatic rings. The highest BCUT2D eigenvalue weighted by atomic mass is 16.5. The minimum atomic E-state index is 0.898. The summed E-state index contributed by atoms with van der Waals surface area (Å²) >= 11 is 0. The summed E-state index contributed by atoms with van der Waals surface area (Å²) in [5.41, 5.74) is 5.20. The van der Waals surface area contributed by atoms with Gasteiger partial charge in [-0.15, -0.1) is 0 Å². The second-order valence-corrected chi connectivity index (χ2v) is 5.24. The van der Waals surface area contributed by atoms with Crippen LogP contribution in [0.4, 0.5) is 0 Å². The van der Waals surface area contributed by atoms with Crippen LogP contribution in [0.3, 0.4) is 0 Å². The molecule has 0 saturated carbocycles. The molecule has 0 amide bonds. The standard InChI is InChI=1S/C18H19NO/c1-13-10-16(20-3)11-14(2)17(13)12-19-9-8-15-6-4-5-7-18(15)19/h4-11H,12H2,1-3H3. The predicted octanol–water partition coefficient (Wildman–Crippen LogP) is 4.32. The number of methoxy groups -OCH3 is 1. The zero-order valence-corrected chi connectivity index (χ0v) is 12.2. The molecule has 3 rings (SSSR count). The van der Waals surface area contributed by atoms with Gasteiger partial charge in [-0.05, 0) is 60.2 Å². The number of hydrogen-bond donors (Lipinski definition) is 0. The average molecular weight is 265 g/mol. The molecule has 102 valence electrons. The molecule has 2 heteroatoms. The summed E-state index contributed by atoms with van der Waals surface area (Å²) in [6.07, 6.45) is 2.16. The first-order chi connectivity index (χ1) is 9.69. The maximum Gasteiger partial charge on any atom is 0.119 e. The molecule has 0 saturated heterocycles. The zero-order valence-electron chi connectivity index (χ0n) is 12.2. The Morgan fingerprint density at radius 1 is 1.00 bits per heavy atom. The van der Waals surface area contributed by atoms with E-state index >= 15 is 0 Å². The van der Waals surface area contributed by atoms with Gasteiger partial charge in [0.1, 0.15) is 5.75 Å². The molecule has 2 aromatic carbocycles. The van der Waals surface area contributed by atoms with E-state index in [1.807, 2.05) is 0 Å². The van der Waals surface area contributed by atoms with Crippen molar-refractivity contribution in [3.8, 4) is 5.75 Å². The number of rotatable bonds is 3. The molecule has 1 heterocycles. The Hall–Kier alpha value is -2.22. The van der Waals surface area contributed by atoms with Crippen LogP contribution < -0.4 is 4.74 Å². The maximum absolute atomic E-state index is 5.33. The predicted molar refractivity (Wildman–Crippen MR) is 83.5 cm³/mol. The lowest BCUT2D eigenvalue weighted by atomic mass is 10.0. The molecular formula is C18H19NO. The third kappa shape index (κ3) is 2.18. The minimum Gasteiger partial charge on any atom is -0.497 e. The van der Waals surface area contributed by atoms with Crippen LogP contribution in [0.5, 0.6) is 5.75 Å². The first-order valence-corrected chi connectivity index (χ1v) is 6.87. The minimum absolute atomic E-state index is 0.898. The Balaban J connectivity index is 2.03. The molecule has 0 N–H and O–H groups in total. The Morgan fingerprint density at radius 2 is 1.70 bits per heavy atom. The molecule has 2 nitrogen and oxygen atoms in total. The topological polar surface area (TPSA) is 14.2 Å². The van der Waals surface area contributed by atoms with Gasteiger partial charge in [0, 0.05) is 18.3 Å². The van der Waals surface area contributed by atoms with E-state index in [1.54, 1.807) is 7.11 Å². The summed E-state index contributed by atoms with van der Waals surface area (Å²) in [5, 5.41) is 1.29. The highest BCUT2D eigenvalue weighted by Gasteiger charge is 2.08. The molecule has 0 aliphatic heterocycles. The van der Waals surface area contributed by atoms with Crippen molar-refractivity contribution in [2.24, 2.45) is 0 Å². The fourth-order valence-electron chi connectivity index (χ4n) is 2.77. The second kappa shape index (κ2) is 5.04. The third-order valence-electron chi connectivity index (χ3n) is 3.91. The fraction of sp³-hybridized carbons (Fsp3) is 0.222. The number of fused-ring (bicyclic) bond motifs is 1. The quantitative estimate of drug-likeness (QED) is 0.688. The van der Waals surface area contributed by atoms with E-state index in [-0.39, 0.29) is 0 Å². The van der Waals surface area contributed by atoms with Crippen LogP contribution in [-0.4, -0.2) is 11.7 Å². The van der Waals surface area contributed by atoms with Gasteiger partial charge in [0.15, 0.2) is 0 Å². The Labute approximate surface area is 119 Å². The summed E-state index contributed by atoms with van der Waals surface area (Å²) in [6.45, 7) is 5.20. The molecule has 0 unspecified atom stereocenters. The van der Waals surface area contributed by atoms with Crippen molar-refractivity contribution < 1.29 is 4.74 Å². The second-order valence-electron chi connectivity index (χ2n) is 5.24. The lowest BCUT2D eigenvalue weighted by molar-refractivity contribution is 0.414. The Morgan fingerprint density at radius 3 is 2.40 bits per heavy atom. The van der Waals surface area contributed by atoms with Crippen LogP contribution in [0.2, 0.25) is 0 Å². The number of aromatic nitrogens is 1. The Kier molecular flexibility index (Phi) is 3.23. The van der Waals surface area contributed by atoms with E-state index in [9.17, 15) is 0 Å². The smallest absolute Gasteiger partial charge is 0.119 e. The Bertz CT molecular complexity index is 732. The van der Waals surface area contributed by atoms with Crippen LogP contribution in [0.15, 0.2) is 48.7 Å². The summed E-state index contributed by atoms with van der Waals surface area (Å²) in [5.74, 6) is 0.932. The molecule has 0 atom stereocenters. The largest absolute Gasteiger partial charge is 0.497 e. The monoisotopic (exact) mass is 265 g/mol. The van der Waals surface area contributed by atoms with Gasteiger partial charge in [0.05, 0.1) is 7.11 Å². The van der Waals surface area contributed by atoms with E-state index in [0.29, 0.717) is 0 Å². The van der Waals surface area contributed by atoms with Crippen molar-refractivity contribution in [1.82, 2.24) is 4.57 Å². The summed E-state index contributed by atoms with van der Waals surface area (Å²) in [4.78, 5) is 0. The van der Waals surface area contributed by atoms with Gasteiger partial charge in [-0.2, -0.15) is 0 Å². The molecule has 3 aromatic rings. The van der Waals surface area contributed by atoms with Crippen LogP contribution in [0, 0.1) is 13.8 Å². The van der Waals surface area contributed by atoms with Crippen LogP contribution in [0.25, 0.3) is 10.9 Å². The molecule has 0 bridgehead atoms. The maximum atomic E-state index is 5.33. The molecule has 0 fully saturated rings. The fourth-order valence-corrected chi connectivity index (χ4v) is 2.77. The SMILES string of the molecule is COc1cc(C)c(Cn2ccc3ccccc32)c(C)c1. The molecular weight excluding hydrogens is 246 g/mol. The third-order valence-corrected chi connectivity index (χ3v) is 3.91. The van der Waals surface area contributed by atoms with E-state index in [1.165, 1.54) is 27.6 Å². The number of hydrogen-bond acceptors (Lipinski definition) is 1. The number of para-hydroxylation sites is 1. The summed E-state index contributed by atoms with van der Waals surface area (Å²) < 4.78 is 7.63. The number of ether oxygens (including phenoxy) is 1. The summed E-state index contributed by atoms with van der Waals surface area (Å²) in [6, 6.07) is 14.9.